The first kappa shape index (κ1) is 17.3. The monoisotopic (exact) mass is 347 g/mol. The molecule has 22 heavy (non-hydrogen) atoms. The van der Waals surface area contributed by atoms with Crippen molar-refractivity contribution in [1.82, 2.24) is 19.8 Å². The Morgan fingerprint density at radius 1 is 1.27 bits per heavy atom. The highest BCUT2D eigenvalue weighted by molar-refractivity contribution is 7.91. The van der Waals surface area contributed by atoms with Gasteiger partial charge in [-0.3, -0.25) is 4.79 Å². The zero-order valence-electron chi connectivity index (χ0n) is 12.5. The number of aromatic nitrogens is 2. The van der Waals surface area contributed by atoms with Gasteiger partial charge in [0.15, 0.2) is 0 Å². The van der Waals surface area contributed by atoms with Gasteiger partial charge in [0.1, 0.15) is 0 Å². The van der Waals surface area contributed by atoms with Gasteiger partial charge in [-0.05, 0) is 38.9 Å². The van der Waals surface area contributed by atoms with Crippen LogP contribution in [0.2, 0.25) is 0 Å². The quantitative estimate of drug-likeness (QED) is 0.554. The summed E-state index contributed by atoms with van der Waals surface area (Å²) < 4.78 is 26.5. The Morgan fingerprint density at radius 3 is 2.68 bits per heavy atom. The molecule has 8 nitrogen and oxygen atoms in total. The zero-order valence-corrected chi connectivity index (χ0v) is 14.2. The molecule has 0 unspecified atom stereocenters. The van der Waals surface area contributed by atoms with Gasteiger partial charge in [0, 0.05) is 13.5 Å². The topological polar surface area (TPSA) is 104 Å². The number of nitrogens with zero attached hydrogens (tertiary/aromatic N) is 3. The lowest BCUT2D eigenvalue weighted by molar-refractivity contribution is -0.114. The van der Waals surface area contributed by atoms with Crippen LogP contribution in [0.3, 0.4) is 0 Å². The van der Waals surface area contributed by atoms with Gasteiger partial charge in [-0.2, -0.15) is 0 Å². The van der Waals surface area contributed by atoms with Crippen molar-refractivity contribution in [2.75, 3.05) is 31.5 Å². The van der Waals surface area contributed by atoms with Crippen LogP contribution in [0.25, 0.3) is 0 Å². The molecule has 1 saturated heterocycles. The van der Waals surface area contributed by atoms with Crippen LogP contribution in [0.4, 0.5) is 5.13 Å². The van der Waals surface area contributed by atoms with E-state index >= 15 is 0 Å². The molecule has 0 aromatic carbocycles. The van der Waals surface area contributed by atoms with E-state index in [0.29, 0.717) is 6.54 Å². The molecule has 0 saturated carbocycles. The van der Waals surface area contributed by atoms with Crippen LogP contribution in [0.15, 0.2) is 4.34 Å². The molecule has 0 aliphatic carbocycles. The fraction of sp³-hybridized carbons (Fsp3) is 0.750. The molecule has 1 aromatic heterocycles. The predicted molar refractivity (Wildman–Crippen MR) is 84.3 cm³/mol. The Bertz CT molecular complexity index is 596. The van der Waals surface area contributed by atoms with Crippen molar-refractivity contribution in [3.8, 4) is 0 Å². The third-order valence-corrected chi connectivity index (χ3v) is 5.98. The number of carbonyl (C=O) groups excluding carboxylic acids is 1. The number of likely N-dealkylation sites (tertiary alicyclic amines) is 1. The number of hydrogen-bond donors (Lipinski definition) is 2. The Labute approximate surface area is 134 Å². The maximum atomic E-state index is 12.1. The smallest absolute Gasteiger partial charge is 0.269 e. The van der Waals surface area contributed by atoms with E-state index in [1.807, 2.05) is 0 Å². The van der Waals surface area contributed by atoms with Crippen LogP contribution >= 0.6 is 11.3 Å². The molecular formula is C12H21N5O3S2. The lowest BCUT2D eigenvalue weighted by Crippen LogP contribution is -2.33. The molecule has 0 spiro atoms. The van der Waals surface area contributed by atoms with Crippen LogP contribution in [-0.4, -0.2) is 55.6 Å². The standard InChI is InChI=1S/C12H21N5O3S2/c1-10(18)14-11-15-16-12(21-11)22(19,20)13-6-5-9-17-7-3-2-4-8-17/h13H,2-9H2,1H3,(H,14,15,18). The molecule has 1 aliphatic heterocycles. The van der Waals surface area contributed by atoms with E-state index in [0.717, 1.165) is 37.4 Å². The highest BCUT2D eigenvalue weighted by atomic mass is 32.2. The summed E-state index contributed by atoms with van der Waals surface area (Å²) in [7, 11) is -3.65. The third kappa shape index (κ3) is 5.27. The molecule has 1 fully saturated rings. The lowest BCUT2D eigenvalue weighted by Gasteiger charge is -2.26. The first-order chi connectivity index (χ1) is 10.5. The fourth-order valence-electron chi connectivity index (χ4n) is 2.27. The summed E-state index contributed by atoms with van der Waals surface area (Å²) in [4.78, 5) is 13.3. The van der Waals surface area contributed by atoms with Crippen LogP contribution in [-0.2, 0) is 14.8 Å². The minimum Gasteiger partial charge on any atom is -0.303 e. The van der Waals surface area contributed by atoms with E-state index in [4.69, 9.17) is 0 Å². The second kappa shape index (κ2) is 7.95. The number of anilines is 1. The summed E-state index contributed by atoms with van der Waals surface area (Å²) in [5.41, 5.74) is 0. The average Bonchev–Trinajstić information content (AvgIpc) is 2.93. The second-order valence-electron chi connectivity index (χ2n) is 5.21. The van der Waals surface area contributed by atoms with Gasteiger partial charge in [-0.15, -0.1) is 10.2 Å². The maximum Gasteiger partial charge on any atom is 0.269 e. The number of rotatable bonds is 7. The molecule has 0 atom stereocenters. The molecule has 0 bridgehead atoms. The highest BCUT2D eigenvalue weighted by Crippen LogP contribution is 2.19. The lowest BCUT2D eigenvalue weighted by atomic mass is 10.1. The van der Waals surface area contributed by atoms with Gasteiger partial charge in [0.2, 0.25) is 15.4 Å². The van der Waals surface area contributed by atoms with Crippen LogP contribution < -0.4 is 10.0 Å². The molecule has 124 valence electrons. The van der Waals surface area contributed by atoms with E-state index in [2.05, 4.69) is 25.1 Å². The van der Waals surface area contributed by atoms with Crippen LogP contribution in [0.5, 0.6) is 0 Å². The minimum atomic E-state index is -3.65. The summed E-state index contributed by atoms with van der Waals surface area (Å²) >= 11 is 0.839. The number of nitrogens with one attached hydrogen (secondary N) is 2. The number of sulfonamides is 1. The van der Waals surface area contributed by atoms with E-state index in [-0.39, 0.29) is 15.4 Å². The van der Waals surface area contributed by atoms with E-state index in [9.17, 15) is 13.2 Å². The molecule has 0 radical (unpaired) electrons. The number of amides is 1. The molecular weight excluding hydrogens is 326 g/mol. The Kier molecular flexibility index (Phi) is 6.24. The molecule has 2 rings (SSSR count). The fourth-order valence-corrected chi connectivity index (χ4v) is 4.33. The van der Waals surface area contributed by atoms with Gasteiger partial charge in [-0.25, -0.2) is 13.1 Å². The molecule has 2 heterocycles. The summed E-state index contributed by atoms with van der Waals surface area (Å²) in [6, 6.07) is 0. The number of hydrogen-bond acceptors (Lipinski definition) is 7. The Balaban J connectivity index is 1.77. The first-order valence-electron chi connectivity index (χ1n) is 7.30. The SMILES string of the molecule is CC(=O)Nc1nnc(S(=O)(=O)NCCCN2CCCCC2)s1. The van der Waals surface area contributed by atoms with Crippen molar-refractivity contribution < 1.29 is 13.2 Å². The third-order valence-electron chi connectivity index (χ3n) is 3.31. The Morgan fingerprint density at radius 2 is 2.00 bits per heavy atom. The van der Waals surface area contributed by atoms with E-state index in [1.54, 1.807) is 0 Å². The zero-order chi connectivity index (χ0) is 16.0. The summed E-state index contributed by atoms with van der Waals surface area (Å²) in [5.74, 6) is -0.311. The second-order valence-corrected chi connectivity index (χ2v) is 8.13. The van der Waals surface area contributed by atoms with E-state index in [1.165, 1.54) is 26.2 Å². The molecule has 10 heteroatoms. The maximum absolute atomic E-state index is 12.1. The molecule has 1 aliphatic rings. The molecule has 1 amide bonds. The van der Waals surface area contributed by atoms with Crippen molar-refractivity contribution in [2.24, 2.45) is 0 Å². The summed E-state index contributed by atoms with van der Waals surface area (Å²) in [6.45, 7) is 4.80. The molecule has 1 aromatic rings. The van der Waals surface area contributed by atoms with Crippen molar-refractivity contribution in [3.05, 3.63) is 0 Å². The van der Waals surface area contributed by atoms with Crippen molar-refractivity contribution in [3.63, 3.8) is 0 Å². The van der Waals surface area contributed by atoms with Gasteiger partial charge in [0.25, 0.3) is 10.0 Å². The predicted octanol–water partition coefficient (Wildman–Crippen LogP) is 0.651. The summed E-state index contributed by atoms with van der Waals surface area (Å²) in [5, 5.41) is 9.83. The molecule has 2 N–H and O–H groups in total. The van der Waals surface area contributed by atoms with Gasteiger partial charge < -0.3 is 10.2 Å². The van der Waals surface area contributed by atoms with Crippen molar-refractivity contribution >= 4 is 32.4 Å². The normalized spacial score (nSPS) is 16.6. The average molecular weight is 347 g/mol. The van der Waals surface area contributed by atoms with Crippen molar-refractivity contribution in [1.29, 1.82) is 0 Å². The first-order valence-corrected chi connectivity index (χ1v) is 9.60. The highest BCUT2D eigenvalue weighted by Gasteiger charge is 2.20. The van der Waals surface area contributed by atoms with Gasteiger partial charge >= 0.3 is 0 Å². The van der Waals surface area contributed by atoms with E-state index < -0.39 is 10.0 Å². The largest absolute Gasteiger partial charge is 0.303 e. The van der Waals surface area contributed by atoms with Crippen LogP contribution in [0, 0.1) is 0 Å². The number of piperidine rings is 1. The number of carbonyl (C=O) groups is 1. The Hall–Kier alpha value is -1.10. The minimum absolute atomic E-state index is 0.130. The van der Waals surface area contributed by atoms with Gasteiger partial charge in [0.05, 0.1) is 0 Å². The van der Waals surface area contributed by atoms with Crippen molar-refractivity contribution in [2.45, 2.75) is 36.9 Å². The summed E-state index contributed by atoms with van der Waals surface area (Å²) in [6.07, 6.45) is 4.50. The van der Waals surface area contributed by atoms with Crippen LogP contribution in [0.1, 0.15) is 32.6 Å². The van der Waals surface area contributed by atoms with Gasteiger partial charge in [-0.1, -0.05) is 17.8 Å².